The van der Waals surface area contributed by atoms with Gasteiger partial charge in [0, 0.05) is 36.1 Å². The van der Waals surface area contributed by atoms with Gasteiger partial charge in [0.2, 0.25) is 0 Å². The van der Waals surface area contributed by atoms with Gasteiger partial charge in [0.05, 0.1) is 9.82 Å². The maximum atomic E-state index is 12.4. The highest BCUT2D eigenvalue weighted by atomic mass is 32.2. The number of benzene rings is 2. The summed E-state index contributed by atoms with van der Waals surface area (Å²) in [4.78, 5) is 26.0. The highest BCUT2D eigenvalue weighted by Gasteiger charge is 2.17. The molecule has 1 heterocycles. The first-order chi connectivity index (χ1) is 12.6. The largest absolute Gasteiger partial charge is 0.372 e. The maximum absolute atomic E-state index is 12.4. The Morgan fingerprint density at radius 2 is 1.81 bits per heavy atom. The second-order valence-electron chi connectivity index (χ2n) is 6.19. The first-order valence-corrected chi connectivity index (χ1v) is 9.80. The fourth-order valence-corrected chi connectivity index (χ4v) is 3.63. The van der Waals surface area contributed by atoms with Gasteiger partial charge in [0.25, 0.3) is 11.6 Å². The van der Waals surface area contributed by atoms with E-state index in [1.165, 1.54) is 37.1 Å². The van der Waals surface area contributed by atoms with Crippen molar-refractivity contribution < 1.29 is 9.72 Å². The van der Waals surface area contributed by atoms with Crippen LogP contribution in [-0.4, -0.2) is 30.2 Å². The van der Waals surface area contributed by atoms with E-state index >= 15 is 0 Å². The van der Waals surface area contributed by atoms with Crippen LogP contribution in [0.4, 0.5) is 17.1 Å². The van der Waals surface area contributed by atoms with Gasteiger partial charge in [-0.2, -0.15) is 0 Å². The van der Waals surface area contributed by atoms with Crippen LogP contribution < -0.4 is 10.2 Å². The van der Waals surface area contributed by atoms with Crippen molar-refractivity contribution in [3.63, 3.8) is 0 Å². The topological polar surface area (TPSA) is 75.5 Å². The zero-order chi connectivity index (χ0) is 18.5. The number of thioether (sulfide) groups is 1. The van der Waals surface area contributed by atoms with E-state index in [1.54, 1.807) is 18.4 Å². The van der Waals surface area contributed by atoms with Crippen LogP contribution in [0.3, 0.4) is 0 Å². The van der Waals surface area contributed by atoms with Crippen LogP contribution in [0.2, 0.25) is 0 Å². The second-order valence-corrected chi connectivity index (χ2v) is 7.04. The van der Waals surface area contributed by atoms with E-state index < -0.39 is 4.92 Å². The van der Waals surface area contributed by atoms with Crippen LogP contribution in [0.5, 0.6) is 0 Å². The fraction of sp³-hybridized carbons (Fsp3) is 0.316. The standard InChI is InChI=1S/C19H21N3O3S/c1-26-18-10-5-14(13-17(18)22(24)25)19(23)20-15-6-8-16(9-7-15)21-11-3-2-4-12-21/h5-10,13H,2-4,11-12H2,1H3,(H,20,23). The third-order valence-electron chi connectivity index (χ3n) is 4.48. The summed E-state index contributed by atoms with van der Waals surface area (Å²) >= 11 is 1.29. The lowest BCUT2D eigenvalue weighted by Crippen LogP contribution is -2.29. The summed E-state index contributed by atoms with van der Waals surface area (Å²) in [5, 5.41) is 14.0. The Labute approximate surface area is 156 Å². The third-order valence-corrected chi connectivity index (χ3v) is 5.27. The Balaban J connectivity index is 1.71. The minimum atomic E-state index is -0.462. The summed E-state index contributed by atoms with van der Waals surface area (Å²) in [6, 6.07) is 12.3. The quantitative estimate of drug-likeness (QED) is 0.474. The number of nitrogens with zero attached hydrogens (tertiary/aromatic N) is 2. The van der Waals surface area contributed by atoms with Crippen LogP contribution >= 0.6 is 11.8 Å². The molecule has 6 nitrogen and oxygen atoms in total. The molecule has 1 N–H and O–H groups in total. The number of carbonyl (C=O) groups is 1. The van der Waals surface area contributed by atoms with Gasteiger partial charge in [-0.25, -0.2) is 0 Å². The molecule has 1 aliphatic rings. The van der Waals surface area contributed by atoms with Crippen LogP contribution in [0.15, 0.2) is 47.4 Å². The summed E-state index contributed by atoms with van der Waals surface area (Å²) in [5.41, 5.74) is 2.05. The van der Waals surface area contributed by atoms with Crippen molar-refractivity contribution in [3.05, 3.63) is 58.1 Å². The van der Waals surface area contributed by atoms with Crippen molar-refractivity contribution >= 4 is 34.7 Å². The predicted molar refractivity (Wildman–Crippen MR) is 105 cm³/mol. The Kier molecular flexibility index (Phi) is 5.78. The van der Waals surface area contributed by atoms with E-state index in [-0.39, 0.29) is 17.2 Å². The van der Waals surface area contributed by atoms with Gasteiger partial charge >= 0.3 is 0 Å². The Morgan fingerprint density at radius 1 is 1.12 bits per heavy atom. The molecule has 1 aliphatic heterocycles. The monoisotopic (exact) mass is 371 g/mol. The minimum absolute atomic E-state index is 0.0504. The third kappa shape index (κ3) is 4.16. The number of amides is 1. The number of nitro benzene ring substituents is 1. The minimum Gasteiger partial charge on any atom is -0.372 e. The molecule has 2 aromatic carbocycles. The molecule has 1 saturated heterocycles. The molecule has 136 valence electrons. The van der Waals surface area contributed by atoms with Crippen LogP contribution in [0, 0.1) is 10.1 Å². The van der Waals surface area contributed by atoms with Crippen LogP contribution in [0.25, 0.3) is 0 Å². The van der Waals surface area contributed by atoms with Gasteiger partial charge < -0.3 is 10.2 Å². The molecule has 7 heteroatoms. The van der Waals surface area contributed by atoms with Gasteiger partial charge in [-0.3, -0.25) is 14.9 Å². The van der Waals surface area contributed by atoms with E-state index in [1.807, 2.05) is 24.3 Å². The lowest BCUT2D eigenvalue weighted by atomic mass is 10.1. The lowest BCUT2D eigenvalue weighted by Gasteiger charge is -2.28. The number of nitro groups is 1. The van der Waals surface area contributed by atoms with E-state index in [4.69, 9.17) is 0 Å². The number of anilines is 2. The highest BCUT2D eigenvalue weighted by molar-refractivity contribution is 7.98. The Morgan fingerprint density at radius 3 is 2.42 bits per heavy atom. The number of rotatable bonds is 5. The average molecular weight is 371 g/mol. The molecule has 0 aromatic heterocycles. The number of hydrogen-bond donors (Lipinski definition) is 1. The van der Waals surface area contributed by atoms with Gasteiger partial charge in [0.15, 0.2) is 0 Å². The lowest BCUT2D eigenvalue weighted by molar-refractivity contribution is -0.387. The van der Waals surface area contributed by atoms with Crippen molar-refractivity contribution in [1.82, 2.24) is 0 Å². The van der Waals surface area contributed by atoms with Gasteiger partial charge in [-0.05, 0) is 61.9 Å². The van der Waals surface area contributed by atoms with Gasteiger partial charge in [0.1, 0.15) is 0 Å². The van der Waals surface area contributed by atoms with Gasteiger partial charge in [-0.1, -0.05) is 0 Å². The molecule has 0 bridgehead atoms. The number of hydrogen-bond acceptors (Lipinski definition) is 5. The summed E-state index contributed by atoms with van der Waals surface area (Å²) in [5.74, 6) is -0.355. The zero-order valence-corrected chi connectivity index (χ0v) is 15.4. The van der Waals surface area contributed by atoms with E-state index in [9.17, 15) is 14.9 Å². The molecule has 1 fully saturated rings. The number of piperidine rings is 1. The SMILES string of the molecule is CSc1ccc(C(=O)Nc2ccc(N3CCCCC3)cc2)cc1[N+](=O)[O-]. The van der Waals surface area contributed by atoms with Crippen LogP contribution in [0.1, 0.15) is 29.6 Å². The Bertz CT molecular complexity index is 802. The molecule has 0 unspecified atom stereocenters. The normalized spacial score (nSPS) is 14.1. The Hall–Kier alpha value is -2.54. The van der Waals surface area contributed by atoms with Crippen LogP contribution in [-0.2, 0) is 0 Å². The van der Waals surface area contributed by atoms with Crippen molar-refractivity contribution in [2.75, 3.05) is 29.6 Å². The average Bonchev–Trinajstić information content (AvgIpc) is 2.68. The summed E-state index contributed by atoms with van der Waals surface area (Å²) in [7, 11) is 0. The van der Waals surface area contributed by atoms with Crippen molar-refractivity contribution in [2.45, 2.75) is 24.2 Å². The first-order valence-electron chi connectivity index (χ1n) is 8.57. The molecule has 0 aliphatic carbocycles. The summed E-state index contributed by atoms with van der Waals surface area (Å²) in [6.07, 6.45) is 5.48. The maximum Gasteiger partial charge on any atom is 0.283 e. The number of carbonyl (C=O) groups excluding carboxylic acids is 1. The number of nitrogens with one attached hydrogen (secondary N) is 1. The highest BCUT2D eigenvalue weighted by Crippen LogP contribution is 2.29. The predicted octanol–water partition coefficient (Wildman–Crippen LogP) is 4.56. The molecular weight excluding hydrogens is 350 g/mol. The van der Waals surface area contributed by atoms with Crippen molar-refractivity contribution in [3.8, 4) is 0 Å². The molecule has 26 heavy (non-hydrogen) atoms. The molecular formula is C19H21N3O3S. The fourth-order valence-electron chi connectivity index (χ4n) is 3.08. The van der Waals surface area contributed by atoms with Crippen molar-refractivity contribution in [2.24, 2.45) is 0 Å². The van der Waals surface area contributed by atoms with E-state index in [0.29, 0.717) is 10.6 Å². The molecule has 0 atom stereocenters. The van der Waals surface area contributed by atoms with E-state index in [2.05, 4.69) is 10.2 Å². The molecule has 1 amide bonds. The van der Waals surface area contributed by atoms with Gasteiger partial charge in [-0.15, -0.1) is 11.8 Å². The van der Waals surface area contributed by atoms with Crippen molar-refractivity contribution in [1.29, 1.82) is 0 Å². The second kappa shape index (κ2) is 8.23. The molecule has 2 aromatic rings. The van der Waals surface area contributed by atoms with E-state index in [0.717, 1.165) is 18.8 Å². The zero-order valence-electron chi connectivity index (χ0n) is 14.6. The molecule has 0 spiro atoms. The first kappa shape index (κ1) is 18.3. The molecule has 0 saturated carbocycles. The molecule has 3 rings (SSSR count). The summed E-state index contributed by atoms with van der Waals surface area (Å²) in [6.45, 7) is 2.13. The smallest absolute Gasteiger partial charge is 0.283 e. The molecule has 0 radical (unpaired) electrons. The summed E-state index contributed by atoms with van der Waals surface area (Å²) < 4.78 is 0.